The molecule has 2 aromatic carbocycles. The molecule has 3 rings (SSSR count). The Kier molecular flexibility index (Phi) is 7.04. The molecule has 130 valence electrons. The van der Waals surface area contributed by atoms with Crippen LogP contribution in [0.1, 0.15) is 43.2 Å². The molecule has 0 aromatic heterocycles. The van der Waals surface area contributed by atoms with Crippen LogP contribution in [0.5, 0.6) is 5.75 Å². The number of phenols is 1. The molecule has 1 saturated carbocycles. The summed E-state index contributed by atoms with van der Waals surface area (Å²) >= 11 is 0. The maximum atomic E-state index is 11.9. The minimum Gasteiger partial charge on any atom is -0.550 e. The van der Waals surface area contributed by atoms with Gasteiger partial charge in [-0.1, -0.05) is 37.3 Å². The molecule has 0 saturated heterocycles. The van der Waals surface area contributed by atoms with Gasteiger partial charge < -0.3 is 15.0 Å². The zero-order valence-electron chi connectivity index (χ0n) is 15.2. The number of carboxylic acid groups (broad SMARTS) is 1. The molecule has 2 unspecified atom stereocenters. The maximum Gasteiger partial charge on any atom is 1.00 e. The molecule has 1 N–H and O–H groups in total. The van der Waals surface area contributed by atoms with E-state index < -0.39 is 11.9 Å². The first kappa shape index (κ1) is 20.7. The Hall–Kier alpha value is -1.62. The first-order valence-corrected chi connectivity index (χ1v) is 8.61. The molecule has 4 nitrogen and oxygen atoms in total. The van der Waals surface area contributed by atoms with E-state index in [9.17, 15) is 19.8 Å². The van der Waals surface area contributed by atoms with Gasteiger partial charge in [0.1, 0.15) is 11.5 Å². The smallest absolute Gasteiger partial charge is 0.550 e. The number of carbonyl (C=O) groups excluding carboxylic acids is 2. The third-order valence-corrected chi connectivity index (χ3v) is 5.03. The molecular formula is C21H21NaO4. The Morgan fingerprint density at radius 2 is 1.92 bits per heavy atom. The molecule has 1 fully saturated rings. The van der Waals surface area contributed by atoms with Crippen molar-refractivity contribution in [3.05, 3.63) is 53.6 Å². The van der Waals surface area contributed by atoms with Gasteiger partial charge in [-0.2, -0.15) is 0 Å². The molecule has 26 heavy (non-hydrogen) atoms. The summed E-state index contributed by atoms with van der Waals surface area (Å²) < 4.78 is 0. The molecule has 1 aliphatic carbocycles. The predicted molar refractivity (Wildman–Crippen MR) is 93.0 cm³/mol. The number of benzene rings is 2. The summed E-state index contributed by atoms with van der Waals surface area (Å²) in [6.07, 6.45) is 3.22. The Bertz CT molecular complexity index is 798. The minimum atomic E-state index is -1.13. The number of carboxylic acids is 1. The van der Waals surface area contributed by atoms with Crippen LogP contribution in [0.3, 0.4) is 0 Å². The molecule has 5 heteroatoms. The van der Waals surface area contributed by atoms with E-state index >= 15 is 0 Å². The van der Waals surface area contributed by atoms with Crippen LogP contribution in [0.4, 0.5) is 0 Å². The second-order valence-electron chi connectivity index (χ2n) is 6.77. The third kappa shape index (κ3) is 4.56. The fourth-order valence-electron chi connectivity index (χ4n) is 3.51. The monoisotopic (exact) mass is 360 g/mol. The molecule has 0 bridgehead atoms. The van der Waals surface area contributed by atoms with Gasteiger partial charge in [-0.15, -0.1) is 0 Å². The van der Waals surface area contributed by atoms with Gasteiger partial charge in [0.2, 0.25) is 0 Å². The summed E-state index contributed by atoms with van der Waals surface area (Å²) in [5.41, 5.74) is 3.34. The van der Waals surface area contributed by atoms with Gasteiger partial charge in [0, 0.05) is 24.2 Å². The quantitative estimate of drug-likeness (QED) is 0.751. The van der Waals surface area contributed by atoms with Crippen molar-refractivity contribution in [1.82, 2.24) is 0 Å². The van der Waals surface area contributed by atoms with Gasteiger partial charge in [0.25, 0.3) is 0 Å². The van der Waals surface area contributed by atoms with Gasteiger partial charge in [-0.05, 0) is 53.6 Å². The Morgan fingerprint density at radius 3 is 2.50 bits per heavy atom. The first-order chi connectivity index (χ1) is 12.0. The number of aliphatic carboxylic acids is 1. The van der Waals surface area contributed by atoms with Crippen LogP contribution in [0, 0.1) is 5.92 Å². The van der Waals surface area contributed by atoms with Crippen molar-refractivity contribution in [2.24, 2.45) is 5.92 Å². The Balaban J connectivity index is 0.00000243. The largest absolute Gasteiger partial charge is 1.00 e. The number of Topliss-reactive ketones (excluding diaryl/α,β-unsaturated/α-hetero) is 1. The van der Waals surface area contributed by atoms with Crippen LogP contribution >= 0.6 is 0 Å². The van der Waals surface area contributed by atoms with Crippen LogP contribution in [-0.4, -0.2) is 16.9 Å². The van der Waals surface area contributed by atoms with Gasteiger partial charge >= 0.3 is 29.6 Å². The summed E-state index contributed by atoms with van der Waals surface area (Å²) in [4.78, 5) is 23.3. The summed E-state index contributed by atoms with van der Waals surface area (Å²) in [6.45, 7) is 1.61. The maximum absolute atomic E-state index is 11.9. The average Bonchev–Trinajstić information content (AvgIpc) is 2.99. The van der Waals surface area contributed by atoms with Gasteiger partial charge in [0.05, 0.1) is 0 Å². The van der Waals surface area contributed by atoms with E-state index in [0.29, 0.717) is 24.2 Å². The van der Waals surface area contributed by atoms with Crippen LogP contribution in [0.25, 0.3) is 11.1 Å². The van der Waals surface area contributed by atoms with E-state index in [1.54, 1.807) is 31.2 Å². The van der Waals surface area contributed by atoms with E-state index in [1.165, 1.54) is 0 Å². The van der Waals surface area contributed by atoms with E-state index in [2.05, 4.69) is 0 Å². The number of hydrogen-bond donors (Lipinski definition) is 1. The Labute approximate surface area is 175 Å². The van der Waals surface area contributed by atoms with Crippen molar-refractivity contribution in [1.29, 1.82) is 0 Å². The third-order valence-electron chi connectivity index (χ3n) is 5.03. The Morgan fingerprint density at radius 1 is 1.23 bits per heavy atom. The van der Waals surface area contributed by atoms with E-state index in [4.69, 9.17) is 0 Å². The second kappa shape index (κ2) is 8.85. The fraction of sp³-hybridized carbons (Fsp3) is 0.333. The molecule has 0 amide bonds. The van der Waals surface area contributed by atoms with E-state index in [0.717, 1.165) is 29.5 Å². The van der Waals surface area contributed by atoms with Crippen molar-refractivity contribution >= 4 is 11.8 Å². The van der Waals surface area contributed by atoms with Gasteiger partial charge in [0.15, 0.2) is 0 Å². The molecule has 0 spiro atoms. The fourth-order valence-corrected chi connectivity index (χ4v) is 3.51. The number of hydrogen-bond acceptors (Lipinski definition) is 4. The summed E-state index contributed by atoms with van der Waals surface area (Å²) in [6, 6.07) is 12.4. The zero-order chi connectivity index (χ0) is 18.0. The molecular weight excluding hydrogens is 339 g/mol. The predicted octanol–water partition coefficient (Wildman–Crippen LogP) is -0.172. The van der Waals surface area contributed by atoms with Crippen LogP contribution in [0.2, 0.25) is 0 Å². The standard InChI is InChI=1S/C21H22O4.Na/c1-13(21(24)25)18-10-5-14(11-16-3-2-4-20(16)23)12-19(18)15-6-8-17(22)9-7-15;/h5-10,12-13,16,22H,2-4,11H2,1H3,(H,24,25);/q;+1/p-1. The SMILES string of the molecule is CC(C(=O)[O-])c1ccc(CC2CCCC2=O)cc1-c1ccc(O)cc1.[Na+]. The summed E-state index contributed by atoms with van der Waals surface area (Å²) in [5, 5.41) is 20.9. The molecule has 2 atom stereocenters. The van der Waals surface area contributed by atoms with E-state index in [-0.39, 0.29) is 41.2 Å². The number of aromatic hydroxyl groups is 1. The number of phenolic OH excluding ortho intramolecular Hbond substituents is 1. The van der Waals surface area contributed by atoms with Crippen LogP contribution in [-0.2, 0) is 16.0 Å². The zero-order valence-corrected chi connectivity index (χ0v) is 17.2. The second-order valence-corrected chi connectivity index (χ2v) is 6.77. The summed E-state index contributed by atoms with van der Waals surface area (Å²) in [5.74, 6) is -1.33. The van der Waals surface area contributed by atoms with Crippen LogP contribution in [0.15, 0.2) is 42.5 Å². The van der Waals surface area contributed by atoms with Crippen molar-refractivity contribution < 1.29 is 49.4 Å². The summed E-state index contributed by atoms with van der Waals surface area (Å²) in [7, 11) is 0. The molecule has 0 aliphatic heterocycles. The van der Waals surface area contributed by atoms with Crippen LogP contribution < -0.4 is 34.7 Å². The van der Waals surface area contributed by atoms with E-state index in [1.807, 2.05) is 18.2 Å². The molecule has 0 radical (unpaired) electrons. The topological polar surface area (TPSA) is 77.4 Å². The first-order valence-electron chi connectivity index (χ1n) is 8.61. The molecule has 0 heterocycles. The van der Waals surface area contributed by atoms with Gasteiger partial charge in [-0.25, -0.2) is 0 Å². The number of carbonyl (C=O) groups is 2. The van der Waals surface area contributed by atoms with Crippen molar-refractivity contribution in [3.63, 3.8) is 0 Å². The molecule has 1 aliphatic rings. The molecule has 2 aromatic rings. The minimum absolute atomic E-state index is 0. The average molecular weight is 360 g/mol. The number of rotatable bonds is 5. The van der Waals surface area contributed by atoms with Crippen molar-refractivity contribution in [3.8, 4) is 16.9 Å². The van der Waals surface area contributed by atoms with Crippen molar-refractivity contribution in [2.45, 2.75) is 38.5 Å². The number of ketones is 1. The van der Waals surface area contributed by atoms with Crippen molar-refractivity contribution in [2.75, 3.05) is 0 Å². The van der Waals surface area contributed by atoms with Gasteiger partial charge in [-0.3, -0.25) is 4.79 Å². The normalized spacial score (nSPS) is 17.6.